The Morgan fingerprint density at radius 2 is 1.61 bits per heavy atom. The normalized spacial score (nSPS) is 11.8. The van der Waals surface area contributed by atoms with Crippen LogP contribution in [0.2, 0.25) is 0 Å². The number of nitrogens with zero attached hydrogens (tertiary/aromatic N) is 1. The first-order valence-corrected chi connectivity index (χ1v) is 10.0. The zero-order valence-electron chi connectivity index (χ0n) is 17.7. The van der Waals surface area contributed by atoms with Crippen molar-refractivity contribution >= 4 is 28.2 Å². The van der Waals surface area contributed by atoms with Gasteiger partial charge in [-0.05, 0) is 36.4 Å². The van der Waals surface area contributed by atoms with Crippen LogP contribution in [0.1, 0.15) is 26.3 Å². The second-order valence-corrected chi connectivity index (χ2v) is 7.46. The molecular weight excluding hydrogens is 424 g/mol. The molecule has 5 rings (SSSR count). The van der Waals surface area contributed by atoms with E-state index in [1.54, 1.807) is 48.5 Å². The molecule has 0 fully saturated rings. The Labute approximate surface area is 187 Å². The quantitative estimate of drug-likeness (QED) is 0.426. The zero-order chi connectivity index (χ0) is 23.3. The third kappa shape index (κ3) is 2.95. The molecule has 164 valence electrons. The summed E-state index contributed by atoms with van der Waals surface area (Å²) in [6.07, 6.45) is 0. The Kier molecular flexibility index (Phi) is 4.63. The van der Waals surface area contributed by atoms with Gasteiger partial charge in [-0.2, -0.15) is 0 Å². The van der Waals surface area contributed by atoms with Crippen molar-refractivity contribution in [1.29, 1.82) is 0 Å². The van der Waals surface area contributed by atoms with Crippen molar-refractivity contribution in [3.63, 3.8) is 0 Å². The van der Waals surface area contributed by atoms with Gasteiger partial charge in [0.25, 0.3) is 5.56 Å². The van der Waals surface area contributed by atoms with E-state index in [0.29, 0.717) is 39.2 Å². The lowest BCUT2D eigenvalue weighted by molar-refractivity contribution is 0.0696. The van der Waals surface area contributed by atoms with Crippen molar-refractivity contribution < 1.29 is 24.2 Å². The minimum atomic E-state index is -1.05. The molecule has 33 heavy (non-hydrogen) atoms. The van der Waals surface area contributed by atoms with E-state index < -0.39 is 11.5 Å². The van der Waals surface area contributed by atoms with Crippen LogP contribution in [0.25, 0.3) is 22.0 Å². The molecule has 0 spiro atoms. The highest BCUT2D eigenvalue weighted by molar-refractivity contribution is 6.27. The Balaban J connectivity index is 1.85. The Morgan fingerprint density at radius 1 is 0.909 bits per heavy atom. The molecule has 8 nitrogen and oxygen atoms in total. The van der Waals surface area contributed by atoms with Gasteiger partial charge in [0.05, 0.1) is 42.1 Å². The lowest BCUT2D eigenvalue weighted by atomic mass is 10.0. The average molecular weight is 442 g/mol. The number of benzene rings is 3. The van der Waals surface area contributed by atoms with Gasteiger partial charge < -0.3 is 14.6 Å². The predicted octanol–water partition coefficient (Wildman–Crippen LogP) is 3.80. The van der Waals surface area contributed by atoms with Gasteiger partial charge in [-0.25, -0.2) is 9.47 Å². The largest absolute Gasteiger partial charge is 0.493 e. The fraction of sp³-hybridized carbons (Fsp3) is 0.0800. The molecule has 0 saturated heterocycles. The van der Waals surface area contributed by atoms with Crippen molar-refractivity contribution in [3.05, 3.63) is 87.7 Å². The summed E-state index contributed by atoms with van der Waals surface area (Å²) in [5.41, 5.74) is 5.12. The van der Waals surface area contributed by atoms with Crippen LogP contribution in [0.4, 0.5) is 5.69 Å². The molecule has 3 aromatic carbocycles. The van der Waals surface area contributed by atoms with Gasteiger partial charge in [0.1, 0.15) is 0 Å². The molecule has 8 heteroatoms. The highest BCUT2D eigenvalue weighted by atomic mass is 16.5. The van der Waals surface area contributed by atoms with Gasteiger partial charge in [-0.3, -0.25) is 15.0 Å². The molecule has 0 atom stereocenters. The molecule has 1 aromatic heterocycles. The summed E-state index contributed by atoms with van der Waals surface area (Å²) in [7, 11) is 2.90. The first-order chi connectivity index (χ1) is 16.0. The molecule has 0 radical (unpaired) electrons. The number of anilines is 1. The first-order valence-electron chi connectivity index (χ1n) is 10.0. The van der Waals surface area contributed by atoms with E-state index in [1.165, 1.54) is 31.0 Å². The van der Waals surface area contributed by atoms with Crippen LogP contribution in [0.5, 0.6) is 11.5 Å². The number of carboxylic acid groups (broad SMARTS) is 1. The highest BCUT2D eigenvalue weighted by Crippen LogP contribution is 2.42. The van der Waals surface area contributed by atoms with Crippen LogP contribution in [-0.2, 0) is 0 Å². The van der Waals surface area contributed by atoms with E-state index in [1.807, 2.05) is 0 Å². The number of hydrogen-bond donors (Lipinski definition) is 2. The topological polar surface area (TPSA) is 107 Å². The van der Waals surface area contributed by atoms with Crippen LogP contribution in [0.15, 0.2) is 65.5 Å². The minimum Gasteiger partial charge on any atom is -0.493 e. The number of aromatic nitrogens is 1. The maximum atomic E-state index is 13.8. The summed E-state index contributed by atoms with van der Waals surface area (Å²) in [5.74, 6) is -0.665. The van der Waals surface area contributed by atoms with Crippen LogP contribution in [0, 0.1) is 0 Å². The monoisotopic (exact) mass is 442 g/mol. The second-order valence-electron chi connectivity index (χ2n) is 7.46. The number of methoxy groups -OCH3 is 2. The molecule has 4 aromatic rings. The summed E-state index contributed by atoms with van der Waals surface area (Å²) in [4.78, 5) is 38.4. The Hall–Kier alpha value is -4.59. The highest BCUT2D eigenvalue weighted by Gasteiger charge is 2.34. The van der Waals surface area contributed by atoms with Crippen LogP contribution in [0.3, 0.4) is 0 Å². The van der Waals surface area contributed by atoms with Crippen molar-refractivity contribution in [2.75, 3.05) is 19.6 Å². The number of fused-ring (bicyclic) bond motifs is 5. The van der Waals surface area contributed by atoms with Crippen LogP contribution >= 0.6 is 0 Å². The molecule has 1 aliphatic rings. The fourth-order valence-corrected chi connectivity index (χ4v) is 4.23. The van der Waals surface area contributed by atoms with Gasteiger partial charge in [0.15, 0.2) is 17.3 Å². The summed E-state index contributed by atoms with van der Waals surface area (Å²) in [5, 5.41) is 9.83. The maximum absolute atomic E-state index is 13.8. The molecule has 0 saturated carbocycles. The third-order valence-corrected chi connectivity index (χ3v) is 5.72. The molecule has 1 aliphatic carbocycles. The van der Waals surface area contributed by atoms with Crippen molar-refractivity contribution in [3.8, 4) is 22.8 Å². The average Bonchev–Trinajstić information content (AvgIpc) is 3.13. The number of hydrogen-bond acceptors (Lipinski definition) is 6. The maximum Gasteiger partial charge on any atom is 0.335 e. The van der Waals surface area contributed by atoms with Crippen molar-refractivity contribution in [2.24, 2.45) is 0 Å². The molecule has 2 N–H and O–H groups in total. The second kappa shape index (κ2) is 7.52. The third-order valence-electron chi connectivity index (χ3n) is 5.72. The summed E-state index contributed by atoms with van der Waals surface area (Å²) in [6, 6.07) is 16.4. The van der Waals surface area contributed by atoms with Gasteiger partial charge >= 0.3 is 5.97 Å². The van der Waals surface area contributed by atoms with E-state index in [-0.39, 0.29) is 22.5 Å². The van der Waals surface area contributed by atoms with Gasteiger partial charge in [-0.1, -0.05) is 24.3 Å². The van der Waals surface area contributed by atoms with Crippen LogP contribution < -0.4 is 20.5 Å². The summed E-state index contributed by atoms with van der Waals surface area (Å²) < 4.78 is 12.2. The SMILES string of the molecule is COc1ccc2c3c(n(Nc4ccc(C(=O)O)cc4)c(=O)c2c1OC)-c1ccccc1C3=O. The van der Waals surface area contributed by atoms with E-state index in [0.717, 1.165) is 0 Å². The molecule has 0 bridgehead atoms. The first kappa shape index (κ1) is 20.3. The predicted molar refractivity (Wildman–Crippen MR) is 123 cm³/mol. The Bertz CT molecular complexity index is 1520. The van der Waals surface area contributed by atoms with Crippen molar-refractivity contribution in [2.45, 2.75) is 0 Å². The molecule has 0 unspecified atom stereocenters. The summed E-state index contributed by atoms with van der Waals surface area (Å²) in [6.45, 7) is 0. The number of carboxylic acids is 1. The number of ketones is 1. The van der Waals surface area contributed by atoms with E-state index >= 15 is 0 Å². The fourth-order valence-electron chi connectivity index (χ4n) is 4.23. The van der Waals surface area contributed by atoms with E-state index in [9.17, 15) is 14.4 Å². The number of pyridine rings is 1. The van der Waals surface area contributed by atoms with E-state index in [2.05, 4.69) is 5.43 Å². The molecule has 0 amide bonds. The molecule has 0 aliphatic heterocycles. The lowest BCUT2D eigenvalue weighted by Gasteiger charge is -2.19. The molecule has 1 heterocycles. The van der Waals surface area contributed by atoms with Crippen molar-refractivity contribution in [1.82, 2.24) is 4.68 Å². The molecular formula is C25H18N2O6. The minimum absolute atomic E-state index is 0.114. The number of carbonyl (C=O) groups excluding carboxylic acids is 1. The zero-order valence-corrected chi connectivity index (χ0v) is 17.7. The number of carbonyl (C=O) groups is 2. The lowest BCUT2D eigenvalue weighted by Crippen LogP contribution is -2.29. The number of nitrogens with one attached hydrogen (secondary N) is 1. The number of aromatic carboxylic acids is 1. The Morgan fingerprint density at radius 3 is 2.24 bits per heavy atom. The van der Waals surface area contributed by atoms with Gasteiger partial charge in [0.2, 0.25) is 0 Å². The standard InChI is InChI=1S/C25H18N2O6/c1-32-18-12-11-17-19-21(15-5-3-4-6-16(15)22(19)28)27(24(29)20(17)23(18)33-2)26-14-9-7-13(8-10-14)25(30)31/h3-12,26H,1-2H3,(H,30,31). The van der Waals surface area contributed by atoms with E-state index in [4.69, 9.17) is 14.6 Å². The number of rotatable bonds is 5. The smallest absolute Gasteiger partial charge is 0.335 e. The van der Waals surface area contributed by atoms with Crippen LogP contribution in [-0.4, -0.2) is 35.8 Å². The van der Waals surface area contributed by atoms with Gasteiger partial charge in [-0.15, -0.1) is 0 Å². The van der Waals surface area contributed by atoms with Gasteiger partial charge in [0, 0.05) is 16.5 Å². The summed E-state index contributed by atoms with van der Waals surface area (Å²) >= 11 is 0. The number of ether oxygens (including phenoxy) is 2.